The van der Waals surface area contributed by atoms with Gasteiger partial charge in [0.25, 0.3) is 5.91 Å². The summed E-state index contributed by atoms with van der Waals surface area (Å²) in [4.78, 5) is 26.7. The zero-order chi connectivity index (χ0) is 18.1. The molecule has 1 aromatic rings. The Kier molecular flexibility index (Phi) is 4.61. The molecule has 3 fully saturated rings. The second-order valence-corrected chi connectivity index (χ2v) is 7.84. The van der Waals surface area contributed by atoms with Crippen molar-refractivity contribution in [1.82, 2.24) is 4.90 Å². The van der Waals surface area contributed by atoms with Crippen LogP contribution >= 0.6 is 0 Å². The van der Waals surface area contributed by atoms with Crippen molar-refractivity contribution in [3.8, 4) is 0 Å². The Morgan fingerprint density at radius 3 is 2.81 bits per heavy atom. The first kappa shape index (κ1) is 17.3. The molecular formula is C20H26N2O4. The largest absolute Gasteiger partial charge is 0.460 e. The second kappa shape index (κ2) is 6.91. The van der Waals surface area contributed by atoms with E-state index in [2.05, 4.69) is 5.32 Å². The fraction of sp³-hybridized carbons (Fsp3) is 0.600. The summed E-state index contributed by atoms with van der Waals surface area (Å²) in [5.74, 6) is -0.118. The van der Waals surface area contributed by atoms with Gasteiger partial charge in [-0.3, -0.25) is 9.59 Å². The van der Waals surface area contributed by atoms with E-state index in [9.17, 15) is 14.7 Å². The second-order valence-electron chi connectivity index (χ2n) is 7.84. The molecule has 3 aliphatic rings. The molecule has 0 unspecified atom stereocenters. The predicted molar refractivity (Wildman–Crippen MR) is 96.9 cm³/mol. The van der Waals surface area contributed by atoms with E-state index < -0.39 is 6.10 Å². The molecule has 0 radical (unpaired) electrons. The maximum absolute atomic E-state index is 12.9. The van der Waals surface area contributed by atoms with E-state index in [0.717, 1.165) is 44.2 Å². The number of benzene rings is 1. The van der Waals surface area contributed by atoms with Gasteiger partial charge >= 0.3 is 5.97 Å². The van der Waals surface area contributed by atoms with Crippen molar-refractivity contribution < 1.29 is 19.4 Å². The highest BCUT2D eigenvalue weighted by Gasteiger charge is 2.52. The summed E-state index contributed by atoms with van der Waals surface area (Å²) in [6, 6.07) is 7.42. The molecule has 140 valence electrons. The topological polar surface area (TPSA) is 78.9 Å². The minimum absolute atomic E-state index is 0.0535. The molecule has 2 saturated heterocycles. The molecule has 6 nitrogen and oxygen atoms in total. The number of nitrogens with zero attached hydrogens (tertiary/aromatic N) is 1. The Morgan fingerprint density at radius 2 is 2.12 bits per heavy atom. The molecule has 2 aliphatic heterocycles. The monoisotopic (exact) mass is 358 g/mol. The minimum Gasteiger partial charge on any atom is -0.460 e. The lowest BCUT2D eigenvalue weighted by Gasteiger charge is -2.33. The number of hydrogen-bond acceptors (Lipinski definition) is 5. The van der Waals surface area contributed by atoms with Gasteiger partial charge in [0.15, 0.2) is 0 Å². The number of carbonyl (C=O) groups is 2. The number of aliphatic hydroxyl groups is 1. The van der Waals surface area contributed by atoms with Crippen LogP contribution in [0, 0.1) is 5.41 Å². The van der Waals surface area contributed by atoms with Gasteiger partial charge in [-0.2, -0.15) is 0 Å². The van der Waals surface area contributed by atoms with Crippen LogP contribution in [0.25, 0.3) is 0 Å². The lowest BCUT2D eigenvalue weighted by Crippen LogP contribution is -2.42. The molecule has 26 heavy (non-hydrogen) atoms. The molecule has 1 saturated carbocycles. The van der Waals surface area contributed by atoms with Crippen LogP contribution < -0.4 is 5.32 Å². The first-order valence-corrected chi connectivity index (χ1v) is 9.59. The number of likely N-dealkylation sites (tertiary alicyclic amines) is 1. The smallest absolute Gasteiger partial charge is 0.312 e. The Hall–Kier alpha value is -2.08. The van der Waals surface area contributed by atoms with Crippen LogP contribution in [0.15, 0.2) is 24.3 Å². The van der Waals surface area contributed by atoms with Gasteiger partial charge in [-0.25, -0.2) is 0 Å². The summed E-state index contributed by atoms with van der Waals surface area (Å²) < 4.78 is 5.54. The summed E-state index contributed by atoms with van der Waals surface area (Å²) in [5, 5.41) is 13.1. The van der Waals surface area contributed by atoms with Gasteiger partial charge in [0, 0.05) is 25.2 Å². The van der Waals surface area contributed by atoms with Gasteiger partial charge in [0.05, 0.1) is 23.6 Å². The molecule has 6 heteroatoms. The summed E-state index contributed by atoms with van der Waals surface area (Å²) in [7, 11) is 0. The standard InChI is InChI=1S/C20H26N2O4/c23-14-5-3-10-22(13-14)18(24)16-6-1-2-7-17(16)21-12-15-11-20(8-4-9-20)19(25)26-15/h1-2,6-7,14-15,21,23H,3-5,8-13H2/t14-,15+/m0/s1. The van der Waals surface area contributed by atoms with E-state index in [1.807, 2.05) is 18.2 Å². The SMILES string of the molecule is O=C(c1ccccc1NC[C@H]1CC2(CCC2)C(=O)O1)N1CCC[C@H](O)C1. The maximum Gasteiger partial charge on any atom is 0.312 e. The van der Waals surface area contributed by atoms with Gasteiger partial charge in [-0.05, 0) is 37.8 Å². The van der Waals surface area contributed by atoms with Crippen molar-refractivity contribution >= 4 is 17.6 Å². The molecule has 0 bridgehead atoms. The van der Waals surface area contributed by atoms with Gasteiger partial charge in [0.2, 0.25) is 0 Å². The molecule has 1 aromatic carbocycles. The van der Waals surface area contributed by atoms with E-state index in [0.29, 0.717) is 25.2 Å². The fourth-order valence-electron chi connectivity index (χ4n) is 4.32. The minimum atomic E-state index is -0.440. The number of carbonyl (C=O) groups excluding carboxylic acids is 2. The van der Waals surface area contributed by atoms with E-state index in [4.69, 9.17) is 4.74 Å². The zero-order valence-electron chi connectivity index (χ0n) is 14.9. The van der Waals surface area contributed by atoms with Crippen molar-refractivity contribution in [3.05, 3.63) is 29.8 Å². The van der Waals surface area contributed by atoms with Crippen molar-refractivity contribution in [2.75, 3.05) is 25.0 Å². The van der Waals surface area contributed by atoms with Crippen LogP contribution in [0.3, 0.4) is 0 Å². The van der Waals surface area contributed by atoms with Crippen molar-refractivity contribution in [3.63, 3.8) is 0 Å². The number of cyclic esters (lactones) is 1. The third-order valence-corrected chi connectivity index (χ3v) is 6.00. The number of para-hydroxylation sites is 1. The number of β-amino-alcohol motifs (C(OH)–C–C–N with tert-alkyl or cyclic N) is 1. The molecular weight excluding hydrogens is 332 g/mol. The number of aliphatic hydroxyl groups excluding tert-OH is 1. The number of hydrogen-bond donors (Lipinski definition) is 2. The van der Waals surface area contributed by atoms with E-state index in [-0.39, 0.29) is 23.4 Å². The number of esters is 1. The van der Waals surface area contributed by atoms with Crippen molar-refractivity contribution in [1.29, 1.82) is 0 Å². The van der Waals surface area contributed by atoms with Crippen LogP contribution in [-0.4, -0.2) is 53.7 Å². The number of rotatable bonds is 4. The lowest BCUT2D eigenvalue weighted by molar-refractivity contribution is -0.152. The number of piperidine rings is 1. The third-order valence-electron chi connectivity index (χ3n) is 6.00. The maximum atomic E-state index is 12.9. The first-order chi connectivity index (χ1) is 12.6. The molecule has 0 aromatic heterocycles. The van der Waals surface area contributed by atoms with E-state index in [1.54, 1.807) is 11.0 Å². The zero-order valence-corrected chi connectivity index (χ0v) is 14.9. The summed E-state index contributed by atoms with van der Waals surface area (Å²) in [5.41, 5.74) is 1.12. The Labute approximate surface area is 153 Å². The fourth-order valence-corrected chi connectivity index (χ4v) is 4.32. The lowest BCUT2D eigenvalue weighted by atomic mass is 9.67. The third kappa shape index (κ3) is 3.18. The molecule has 2 atom stereocenters. The van der Waals surface area contributed by atoms with E-state index in [1.165, 1.54) is 0 Å². The van der Waals surface area contributed by atoms with Gasteiger partial charge in [-0.15, -0.1) is 0 Å². The Bertz CT molecular complexity index is 701. The van der Waals surface area contributed by atoms with Crippen LogP contribution in [-0.2, 0) is 9.53 Å². The van der Waals surface area contributed by atoms with Crippen LogP contribution in [0.1, 0.15) is 48.9 Å². The summed E-state index contributed by atoms with van der Waals surface area (Å²) >= 11 is 0. The van der Waals surface area contributed by atoms with Crippen LogP contribution in [0.2, 0.25) is 0 Å². The van der Waals surface area contributed by atoms with Crippen LogP contribution in [0.4, 0.5) is 5.69 Å². The van der Waals surface area contributed by atoms with E-state index >= 15 is 0 Å². The number of anilines is 1. The average Bonchev–Trinajstić information content (AvgIpc) is 2.96. The van der Waals surface area contributed by atoms with Crippen LogP contribution in [0.5, 0.6) is 0 Å². The highest BCUT2D eigenvalue weighted by molar-refractivity contribution is 5.99. The number of amides is 1. The van der Waals surface area contributed by atoms with Gasteiger partial charge < -0.3 is 20.1 Å². The molecule has 1 aliphatic carbocycles. The molecule has 2 N–H and O–H groups in total. The highest BCUT2D eigenvalue weighted by Crippen LogP contribution is 2.50. The first-order valence-electron chi connectivity index (χ1n) is 9.59. The number of nitrogens with one attached hydrogen (secondary N) is 1. The van der Waals surface area contributed by atoms with Crippen molar-refractivity contribution in [2.45, 2.75) is 50.7 Å². The summed E-state index contributed by atoms with van der Waals surface area (Å²) in [6.45, 7) is 1.57. The Morgan fingerprint density at radius 1 is 1.31 bits per heavy atom. The molecule has 1 spiro atoms. The summed E-state index contributed by atoms with van der Waals surface area (Å²) in [6.07, 6.45) is 4.75. The molecule has 1 amide bonds. The average molecular weight is 358 g/mol. The van der Waals surface area contributed by atoms with Gasteiger partial charge in [-0.1, -0.05) is 18.6 Å². The predicted octanol–water partition coefficient (Wildman–Crippen LogP) is 2.18. The molecule has 2 heterocycles. The quantitative estimate of drug-likeness (QED) is 0.807. The highest BCUT2D eigenvalue weighted by atomic mass is 16.6. The van der Waals surface area contributed by atoms with Gasteiger partial charge in [0.1, 0.15) is 6.10 Å². The Balaban J connectivity index is 1.41. The number of ether oxygens (including phenoxy) is 1. The normalized spacial score (nSPS) is 27.1. The van der Waals surface area contributed by atoms with Crippen molar-refractivity contribution in [2.24, 2.45) is 5.41 Å². The molecule has 4 rings (SSSR count).